The number of nitrogens with zero attached hydrogens (tertiary/aromatic N) is 1. The molecule has 1 rings (SSSR count). The van der Waals surface area contributed by atoms with Crippen LogP contribution in [0, 0.1) is 0 Å². The summed E-state index contributed by atoms with van der Waals surface area (Å²) in [7, 11) is 5.47. The molecular formula is C12H23N3O3S. The summed E-state index contributed by atoms with van der Waals surface area (Å²) in [5, 5.41) is 5.23. The van der Waals surface area contributed by atoms with Gasteiger partial charge < -0.3 is 20.3 Å². The van der Waals surface area contributed by atoms with Gasteiger partial charge in [-0.05, 0) is 26.3 Å². The zero-order chi connectivity index (χ0) is 14.3. The molecule has 1 heterocycles. The third kappa shape index (κ3) is 5.38. The molecule has 0 aliphatic carbocycles. The first kappa shape index (κ1) is 16.3. The molecule has 6 nitrogen and oxygen atoms in total. The molecule has 0 aromatic carbocycles. The lowest BCUT2D eigenvalue weighted by molar-refractivity contribution is -0.139. The lowest BCUT2D eigenvalue weighted by Crippen LogP contribution is -2.49. The second-order valence-corrected chi connectivity index (χ2v) is 6.04. The van der Waals surface area contributed by atoms with Crippen LogP contribution in [-0.2, 0) is 14.3 Å². The molecule has 19 heavy (non-hydrogen) atoms. The Hall–Kier alpha value is -0.790. The summed E-state index contributed by atoms with van der Waals surface area (Å²) < 4.78 is 5.47. The highest BCUT2D eigenvalue weighted by Gasteiger charge is 2.35. The van der Waals surface area contributed by atoms with Crippen molar-refractivity contribution in [3.63, 3.8) is 0 Å². The smallest absolute Gasteiger partial charge is 0.309 e. The molecule has 110 valence electrons. The standard InChI is InChI=1S/C12H23N3O3S/c1-15(2)6-5-13-10(16)11(17)14-8-12(18-3)4-7-19-9-12/h4-9H2,1-3H3,(H,13,16)(H,14,17). The molecule has 2 amide bonds. The summed E-state index contributed by atoms with van der Waals surface area (Å²) >= 11 is 1.80. The summed E-state index contributed by atoms with van der Waals surface area (Å²) in [6, 6.07) is 0. The Morgan fingerprint density at radius 1 is 1.32 bits per heavy atom. The number of methoxy groups -OCH3 is 1. The first-order chi connectivity index (χ1) is 8.99. The zero-order valence-electron chi connectivity index (χ0n) is 11.8. The number of thioether (sulfide) groups is 1. The lowest BCUT2D eigenvalue weighted by Gasteiger charge is -2.26. The average molecular weight is 289 g/mol. The molecule has 1 saturated heterocycles. The van der Waals surface area contributed by atoms with E-state index in [9.17, 15) is 9.59 Å². The highest BCUT2D eigenvalue weighted by Crippen LogP contribution is 2.30. The molecule has 0 saturated carbocycles. The Morgan fingerprint density at radius 3 is 2.53 bits per heavy atom. The van der Waals surface area contributed by atoms with Crippen LogP contribution in [0.3, 0.4) is 0 Å². The number of carbonyl (C=O) groups is 2. The minimum atomic E-state index is -0.591. The van der Waals surface area contributed by atoms with Crippen LogP contribution in [-0.4, -0.2) is 74.7 Å². The number of hydrogen-bond donors (Lipinski definition) is 2. The van der Waals surface area contributed by atoms with Gasteiger partial charge in [0.25, 0.3) is 0 Å². The van der Waals surface area contributed by atoms with Gasteiger partial charge in [0, 0.05) is 32.5 Å². The van der Waals surface area contributed by atoms with Crippen molar-refractivity contribution in [1.29, 1.82) is 0 Å². The Morgan fingerprint density at radius 2 is 2.00 bits per heavy atom. The molecule has 2 N–H and O–H groups in total. The molecule has 1 fully saturated rings. The minimum Gasteiger partial charge on any atom is -0.376 e. The second kappa shape index (κ2) is 7.72. The molecule has 7 heteroatoms. The van der Waals surface area contributed by atoms with Gasteiger partial charge in [0.05, 0.1) is 5.60 Å². The number of hydrogen-bond acceptors (Lipinski definition) is 5. The van der Waals surface area contributed by atoms with E-state index >= 15 is 0 Å². The fourth-order valence-corrected chi connectivity index (χ4v) is 3.15. The average Bonchev–Trinajstić information content (AvgIpc) is 2.84. The molecule has 1 atom stereocenters. The minimum absolute atomic E-state index is 0.315. The highest BCUT2D eigenvalue weighted by atomic mass is 32.2. The number of amides is 2. The maximum absolute atomic E-state index is 11.6. The van der Waals surface area contributed by atoms with Gasteiger partial charge in [-0.15, -0.1) is 0 Å². The summed E-state index contributed by atoms with van der Waals surface area (Å²) in [5.41, 5.74) is -0.315. The number of carbonyl (C=O) groups excluding carboxylic acids is 2. The van der Waals surface area contributed by atoms with Gasteiger partial charge in [-0.2, -0.15) is 11.8 Å². The zero-order valence-corrected chi connectivity index (χ0v) is 12.6. The van der Waals surface area contributed by atoms with Gasteiger partial charge in [0.2, 0.25) is 0 Å². The largest absolute Gasteiger partial charge is 0.376 e. The van der Waals surface area contributed by atoms with Gasteiger partial charge in [-0.3, -0.25) is 9.59 Å². The first-order valence-corrected chi connectivity index (χ1v) is 7.48. The first-order valence-electron chi connectivity index (χ1n) is 6.33. The molecule has 1 aliphatic heterocycles. The highest BCUT2D eigenvalue weighted by molar-refractivity contribution is 7.99. The number of nitrogens with one attached hydrogen (secondary N) is 2. The van der Waals surface area contributed by atoms with Gasteiger partial charge in [0.15, 0.2) is 0 Å². The van der Waals surface area contributed by atoms with E-state index < -0.39 is 11.8 Å². The predicted molar refractivity (Wildman–Crippen MR) is 76.3 cm³/mol. The SMILES string of the molecule is COC1(CNC(=O)C(=O)NCCN(C)C)CCSC1. The van der Waals surface area contributed by atoms with Crippen LogP contribution < -0.4 is 10.6 Å². The van der Waals surface area contributed by atoms with Gasteiger partial charge in [-0.25, -0.2) is 0 Å². The van der Waals surface area contributed by atoms with Crippen molar-refractivity contribution in [1.82, 2.24) is 15.5 Å². The van der Waals surface area contributed by atoms with E-state index in [2.05, 4.69) is 10.6 Å². The summed E-state index contributed by atoms with van der Waals surface area (Å²) in [5.74, 6) is 0.705. The van der Waals surface area contributed by atoms with Crippen molar-refractivity contribution < 1.29 is 14.3 Å². The monoisotopic (exact) mass is 289 g/mol. The molecule has 0 bridgehead atoms. The van der Waals surface area contributed by atoms with Crippen molar-refractivity contribution in [2.45, 2.75) is 12.0 Å². The molecule has 0 aromatic rings. The Bertz CT molecular complexity index is 317. The Balaban J connectivity index is 2.28. The lowest BCUT2D eigenvalue weighted by atomic mass is 10.0. The van der Waals surface area contributed by atoms with Crippen molar-refractivity contribution >= 4 is 23.6 Å². The Kier molecular flexibility index (Phi) is 6.60. The van der Waals surface area contributed by atoms with Crippen LogP contribution in [0.15, 0.2) is 0 Å². The second-order valence-electron chi connectivity index (χ2n) is 4.93. The van der Waals surface area contributed by atoms with E-state index in [0.717, 1.165) is 17.9 Å². The van der Waals surface area contributed by atoms with E-state index in [0.29, 0.717) is 19.6 Å². The van der Waals surface area contributed by atoms with Crippen molar-refractivity contribution in [2.75, 3.05) is 52.3 Å². The fourth-order valence-electron chi connectivity index (χ4n) is 1.76. The van der Waals surface area contributed by atoms with Crippen LogP contribution >= 0.6 is 11.8 Å². The summed E-state index contributed by atoms with van der Waals surface area (Å²) in [6.45, 7) is 1.55. The fraction of sp³-hybridized carbons (Fsp3) is 0.833. The van der Waals surface area contributed by atoms with Crippen LogP contribution in [0.2, 0.25) is 0 Å². The molecule has 0 radical (unpaired) electrons. The Labute approximate surface area is 118 Å². The summed E-state index contributed by atoms with van der Waals surface area (Å²) in [4.78, 5) is 25.1. The quantitative estimate of drug-likeness (QED) is 0.633. The summed E-state index contributed by atoms with van der Waals surface area (Å²) in [6.07, 6.45) is 0.899. The number of ether oxygens (including phenoxy) is 1. The van der Waals surface area contributed by atoms with Crippen LogP contribution in [0.4, 0.5) is 0 Å². The van der Waals surface area contributed by atoms with Crippen LogP contribution in [0.5, 0.6) is 0 Å². The normalized spacial score (nSPS) is 22.5. The van der Waals surface area contributed by atoms with Gasteiger partial charge >= 0.3 is 11.8 Å². The van der Waals surface area contributed by atoms with Crippen molar-refractivity contribution in [3.05, 3.63) is 0 Å². The van der Waals surface area contributed by atoms with Gasteiger partial charge in [0.1, 0.15) is 0 Å². The number of rotatable bonds is 6. The third-order valence-corrected chi connectivity index (χ3v) is 4.35. The van der Waals surface area contributed by atoms with Crippen LogP contribution in [0.25, 0.3) is 0 Å². The van der Waals surface area contributed by atoms with E-state index in [1.54, 1.807) is 18.9 Å². The van der Waals surface area contributed by atoms with Gasteiger partial charge in [-0.1, -0.05) is 0 Å². The predicted octanol–water partition coefficient (Wildman–Crippen LogP) is -0.697. The third-order valence-electron chi connectivity index (χ3n) is 3.12. The molecule has 1 aliphatic rings. The van der Waals surface area contributed by atoms with E-state index in [1.807, 2.05) is 19.0 Å². The maximum Gasteiger partial charge on any atom is 0.309 e. The molecule has 0 aromatic heterocycles. The van der Waals surface area contributed by atoms with Crippen molar-refractivity contribution in [2.24, 2.45) is 0 Å². The molecular weight excluding hydrogens is 266 g/mol. The van der Waals surface area contributed by atoms with Crippen LogP contribution in [0.1, 0.15) is 6.42 Å². The topological polar surface area (TPSA) is 70.7 Å². The molecule has 0 spiro atoms. The van der Waals surface area contributed by atoms with Crippen molar-refractivity contribution in [3.8, 4) is 0 Å². The maximum atomic E-state index is 11.6. The molecule has 1 unspecified atom stereocenters. The van der Waals surface area contributed by atoms with E-state index in [-0.39, 0.29) is 5.60 Å². The number of likely N-dealkylation sites (N-methyl/N-ethyl adjacent to an activating group) is 1. The van der Waals surface area contributed by atoms with E-state index in [1.165, 1.54) is 0 Å². The van der Waals surface area contributed by atoms with E-state index in [4.69, 9.17) is 4.74 Å².